The van der Waals surface area contributed by atoms with Crippen molar-refractivity contribution in [3.05, 3.63) is 22.7 Å². The van der Waals surface area contributed by atoms with Crippen LogP contribution in [0, 0.1) is 0 Å². The molecule has 1 unspecified atom stereocenters. The number of aldehydes is 1. The molecule has 0 bridgehead atoms. The van der Waals surface area contributed by atoms with E-state index in [9.17, 15) is 18.9 Å². The second kappa shape index (κ2) is 7.06. The van der Waals surface area contributed by atoms with E-state index in [4.69, 9.17) is 10.6 Å². The van der Waals surface area contributed by atoms with E-state index >= 15 is 0 Å². The Morgan fingerprint density at radius 1 is 1.55 bits per heavy atom. The van der Waals surface area contributed by atoms with Crippen LogP contribution in [0.25, 0.3) is 0 Å². The summed E-state index contributed by atoms with van der Waals surface area (Å²) in [4.78, 5) is 45.2. The molecule has 20 heavy (non-hydrogen) atoms. The average molecular weight is 305 g/mol. The highest BCUT2D eigenvalue weighted by atomic mass is 31.2. The first kappa shape index (κ1) is 16.2. The monoisotopic (exact) mass is 305 g/mol. The summed E-state index contributed by atoms with van der Waals surface area (Å²) in [6, 6.07) is 1.32. The van der Waals surface area contributed by atoms with Gasteiger partial charge in [0.25, 0.3) is 0 Å². The molecule has 0 aliphatic rings. The van der Waals surface area contributed by atoms with Crippen LogP contribution in [0.2, 0.25) is 0 Å². The van der Waals surface area contributed by atoms with Gasteiger partial charge in [-0.2, -0.15) is 4.98 Å². The number of aromatic nitrogens is 2. The average Bonchev–Trinajstić information content (AvgIpc) is 2.38. The van der Waals surface area contributed by atoms with Crippen LogP contribution in [0.1, 0.15) is 0 Å². The fraction of sp³-hybridized carbons (Fsp3) is 0.333. The molecule has 110 valence electrons. The fourth-order valence-corrected chi connectivity index (χ4v) is 1.74. The lowest BCUT2D eigenvalue weighted by molar-refractivity contribution is -0.122. The molecule has 0 spiro atoms. The number of nitrogens with two attached hydrogens (primary N) is 1. The molecule has 0 saturated carbocycles. The molecule has 0 aliphatic carbocycles. The summed E-state index contributed by atoms with van der Waals surface area (Å²) in [7, 11) is -4.46. The molecule has 10 nitrogen and oxygen atoms in total. The van der Waals surface area contributed by atoms with Gasteiger partial charge >= 0.3 is 13.5 Å². The Labute approximate surface area is 112 Å². The van der Waals surface area contributed by atoms with Gasteiger partial charge in [-0.25, -0.2) is 9.36 Å². The van der Waals surface area contributed by atoms with Crippen LogP contribution in [0.3, 0.4) is 0 Å². The largest absolute Gasteiger partial charge is 0.473 e. The highest BCUT2D eigenvalue weighted by molar-refractivity contribution is 7.47. The van der Waals surface area contributed by atoms with Crippen LogP contribution in [0.4, 0.5) is 5.82 Å². The number of ketones is 1. The number of nitrogens with zero attached hydrogens (tertiary/aromatic N) is 2. The van der Waals surface area contributed by atoms with Crippen molar-refractivity contribution in [3.8, 4) is 0 Å². The molecular weight excluding hydrogens is 293 g/mol. The Morgan fingerprint density at radius 2 is 2.25 bits per heavy atom. The molecule has 1 atom stereocenters. The number of phosphoric acid groups is 1. The predicted molar refractivity (Wildman–Crippen MR) is 65.7 cm³/mol. The topological polar surface area (TPSA) is 151 Å². The summed E-state index contributed by atoms with van der Waals surface area (Å²) < 4.78 is 20.6. The minimum absolute atomic E-state index is 0.0112. The van der Waals surface area contributed by atoms with Crippen molar-refractivity contribution in [2.75, 3.05) is 18.9 Å². The molecule has 3 N–H and O–H groups in total. The molecule has 0 saturated heterocycles. The van der Waals surface area contributed by atoms with Gasteiger partial charge in [0, 0.05) is 6.20 Å². The van der Waals surface area contributed by atoms with Crippen LogP contribution >= 0.6 is 7.82 Å². The number of hydrogen-bond acceptors (Lipinski definition) is 8. The number of Topliss-reactive ketones (excluding diaryl/α,β-unsaturated/α-hetero) is 1. The minimum Gasteiger partial charge on any atom is -0.383 e. The summed E-state index contributed by atoms with van der Waals surface area (Å²) in [5.41, 5.74) is 4.54. The van der Waals surface area contributed by atoms with Crippen molar-refractivity contribution in [2.24, 2.45) is 0 Å². The normalized spacial score (nSPS) is 13.7. The Kier molecular flexibility index (Phi) is 5.71. The van der Waals surface area contributed by atoms with Gasteiger partial charge in [0.15, 0.2) is 5.78 Å². The quantitative estimate of drug-likeness (QED) is 0.442. The second-order valence-electron chi connectivity index (χ2n) is 3.51. The van der Waals surface area contributed by atoms with E-state index in [0.29, 0.717) is 0 Å². The van der Waals surface area contributed by atoms with Gasteiger partial charge in [0.1, 0.15) is 25.3 Å². The molecule has 0 amide bonds. The van der Waals surface area contributed by atoms with E-state index in [0.717, 1.165) is 4.57 Å². The van der Waals surface area contributed by atoms with Crippen LogP contribution in [-0.4, -0.2) is 39.7 Å². The van der Waals surface area contributed by atoms with Gasteiger partial charge in [-0.15, -0.1) is 0 Å². The van der Waals surface area contributed by atoms with Gasteiger partial charge in [-0.1, -0.05) is 0 Å². The molecule has 1 rings (SSSR count). The minimum atomic E-state index is -4.46. The van der Waals surface area contributed by atoms with Gasteiger partial charge in [0.05, 0.1) is 6.54 Å². The van der Waals surface area contributed by atoms with Gasteiger partial charge < -0.3 is 15.4 Å². The second-order valence-corrected chi connectivity index (χ2v) is 4.96. The standard InChI is InChI=1S/C9H12N3O7P/c10-8-1-2-12(9(15)11-8)5-7(14)6-19-20(16,17)18-4-3-13/h1-3H,4-6H2,(H,16,17)(H2,10,11,15). The highest BCUT2D eigenvalue weighted by Gasteiger charge is 2.22. The maximum atomic E-state index is 11.5. The summed E-state index contributed by atoms with van der Waals surface area (Å²) in [5, 5.41) is 0. The SMILES string of the molecule is Nc1ccn(CC(=O)COP(=O)(O)OCC=O)c(=O)n1. The first-order valence-corrected chi connectivity index (χ1v) is 6.74. The number of carbonyl (C=O) groups is 2. The number of carbonyl (C=O) groups excluding carboxylic acids is 2. The lowest BCUT2D eigenvalue weighted by Crippen LogP contribution is -2.28. The van der Waals surface area contributed by atoms with Gasteiger partial charge in [-0.05, 0) is 6.07 Å². The maximum Gasteiger partial charge on any atom is 0.473 e. The van der Waals surface area contributed by atoms with E-state index in [1.54, 1.807) is 0 Å². The molecule has 0 aromatic carbocycles. The lowest BCUT2D eigenvalue weighted by atomic mass is 10.4. The van der Waals surface area contributed by atoms with E-state index in [1.807, 2.05) is 0 Å². The summed E-state index contributed by atoms with van der Waals surface area (Å²) in [6.45, 7) is -1.80. The van der Waals surface area contributed by atoms with Crippen LogP contribution < -0.4 is 11.4 Å². The Morgan fingerprint density at radius 3 is 2.85 bits per heavy atom. The number of hydrogen-bond donors (Lipinski definition) is 2. The zero-order valence-electron chi connectivity index (χ0n) is 10.2. The van der Waals surface area contributed by atoms with E-state index in [2.05, 4.69) is 14.0 Å². The van der Waals surface area contributed by atoms with Crippen molar-refractivity contribution in [1.29, 1.82) is 0 Å². The Hall–Kier alpha value is -1.87. The lowest BCUT2D eigenvalue weighted by Gasteiger charge is -2.10. The van der Waals surface area contributed by atoms with Crippen LogP contribution in [0.5, 0.6) is 0 Å². The number of phosphoric ester groups is 1. The summed E-state index contributed by atoms with van der Waals surface area (Å²) in [5.74, 6) is -0.653. The van der Waals surface area contributed by atoms with Crippen molar-refractivity contribution >= 4 is 25.7 Å². The first-order chi connectivity index (χ1) is 9.34. The number of nitrogen functional groups attached to an aromatic ring is 1. The zero-order valence-corrected chi connectivity index (χ0v) is 11.1. The van der Waals surface area contributed by atoms with Crippen molar-refractivity contribution in [3.63, 3.8) is 0 Å². The predicted octanol–water partition coefficient (Wildman–Crippen LogP) is -1.27. The third-order valence-electron chi connectivity index (χ3n) is 1.94. The Balaban J connectivity index is 2.54. The Bertz CT molecular complexity index is 599. The van der Waals surface area contributed by atoms with Crippen LogP contribution in [0.15, 0.2) is 17.1 Å². The fourth-order valence-electron chi connectivity index (χ4n) is 1.11. The van der Waals surface area contributed by atoms with E-state index in [1.165, 1.54) is 12.3 Å². The number of rotatable bonds is 8. The van der Waals surface area contributed by atoms with E-state index in [-0.39, 0.29) is 12.1 Å². The smallest absolute Gasteiger partial charge is 0.383 e. The molecule has 0 fully saturated rings. The molecule has 1 heterocycles. The first-order valence-electron chi connectivity index (χ1n) is 5.24. The molecule has 1 aromatic heterocycles. The summed E-state index contributed by atoms with van der Waals surface area (Å²) in [6.07, 6.45) is 1.51. The molecule has 0 aliphatic heterocycles. The molecule has 11 heteroatoms. The third kappa shape index (κ3) is 5.41. The zero-order chi connectivity index (χ0) is 15.2. The van der Waals surface area contributed by atoms with E-state index < -0.39 is 39.1 Å². The highest BCUT2D eigenvalue weighted by Crippen LogP contribution is 2.42. The van der Waals surface area contributed by atoms with Crippen LogP contribution in [-0.2, 0) is 29.7 Å². The third-order valence-corrected chi connectivity index (χ3v) is 2.87. The van der Waals surface area contributed by atoms with Crippen molar-refractivity contribution in [1.82, 2.24) is 9.55 Å². The number of anilines is 1. The van der Waals surface area contributed by atoms with Crippen molar-refractivity contribution < 1.29 is 28.1 Å². The van der Waals surface area contributed by atoms with Crippen molar-refractivity contribution in [2.45, 2.75) is 6.54 Å². The summed E-state index contributed by atoms with van der Waals surface area (Å²) >= 11 is 0. The van der Waals surface area contributed by atoms with Gasteiger partial charge in [0.2, 0.25) is 0 Å². The molecular formula is C9H12N3O7P. The molecule has 1 aromatic rings. The molecule has 0 radical (unpaired) electrons. The maximum absolute atomic E-state index is 11.5. The van der Waals surface area contributed by atoms with Gasteiger partial charge in [-0.3, -0.25) is 18.4 Å².